The molecule has 0 spiro atoms. The standard InChI is InChI=1S/C24H25NO4/c1-13(2)25-21(26)19-18-14-9-5-7-11-16(14)24(20(19)22(25)27,23(28-3)29-4)17-12-8-6-10-15(17)18/h5-13,18-20,23H,1-4H3/t18?,19-,20+,24?/m0/s1. The molecule has 150 valence electrons. The Kier molecular flexibility index (Phi) is 3.99. The smallest absolute Gasteiger partial charge is 0.234 e. The number of nitrogens with zero attached hydrogens (tertiary/aromatic N) is 1. The van der Waals surface area contributed by atoms with E-state index in [0.717, 1.165) is 22.3 Å². The molecule has 0 unspecified atom stereocenters. The van der Waals surface area contributed by atoms with Gasteiger partial charge in [-0.2, -0.15) is 0 Å². The van der Waals surface area contributed by atoms with Gasteiger partial charge < -0.3 is 9.47 Å². The molecule has 3 aliphatic carbocycles. The van der Waals surface area contributed by atoms with Crippen molar-refractivity contribution in [2.24, 2.45) is 11.8 Å². The van der Waals surface area contributed by atoms with Crippen LogP contribution in [0.25, 0.3) is 0 Å². The van der Waals surface area contributed by atoms with Crippen LogP contribution in [0.3, 0.4) is 0 Å². The van der Waals surface area contributed by atoms with Gasteiger partial charge in [0.1, 0.15) is 0 Å². The highest BCUT2D eigenvalue weighted by Crippen LogP contribution is 2.65. The third-order valence-electron chi connectivity index (χ3n) is 7.03. The second-order valence-electron chi connectivity index (χ2n) is 8.47. The van der Waals surface area contributed by atoms with E-state index in [2.05, 4.69) is 24.3 Å². The SMILES string of the molecule is COC(OC)C12c3ccccc3C(c3ccccc31)[C@@H]1C(=O)N(C(C)C)C(=O)[C@@H]12. The Morgan fingerprint density at radius 2 is 1.38 bits per heavy atom. The number of methoxy groups -OCH3 is 2. The molecule has 0 N–H and O–H groups in total. The van der Waals surface area contributed by atoms with Gasteiger partial charge >= 0.3 is 0 Å². The Labute approximate surface area is 170 Å². The Morgan fingerprint density at radius 3 is 1.86 bits per heavy atom. The highest BCUT2D eigenvalue weighted by Gasteiger charge is 2.70. The Bertz CT molecular complexity index is 962. The number of hydrogen-bond donors (Lipinski definition) is 0. The predicted molar refractivity (Wildman–Crippen MR) is 107 cm³/mol. The van der Waals surface area contributed by atoms with Gasteiger partial charge in [0, 0.05) is 26.2 Å². The number of likely N-dealkylation sites (tertiary alicyclic amines) is 1. The molecule has 0 aromatic heterocycles. The van der Waals surface area contributed by atoms with Crippen molar-refractivity contribution in [2.45, 2.75) is 37.5 Å². The van der Waals surface area contributed by atoms with Gasteiger partial charge in [-0.15, -0.1) is 0 Å². The number of ether oxygens (including phenoxy) is 2. The lowest BCUT2D eigenvalue weighted by Gasteiger charge is -2.56. The number of carbonyl (C=O) groups excluding carboxylic acids is 2. The molecule has 0 radical (unpaired) electrons. The van der Waals surface area contributed by atoms with Crippen molar-refractivity contribution >= 4 is 11.8 Å². The van der Waals surface area contributed by atoms with E-state index in [1.807, 2.05) is 38.1 Å². The van der Waals surface area contributed by atoms with Gasteiger partial charge in [-0.25, -0.2) is 0 Å². The summed E-state index contributed by atoms with van der Waals surface area (Å²) in [7, 11) is 3.20. The molecule has 6 rings (SSSR count). The van der Waals surface area contributed by atoms with Gasteiger partial charge in [-0.1, -0.05) is 48.5 Å². The summed E-state index contributed by atoms with van der Waals surface area (Å²) in [6.07, 6.45) is -0.692. The molecule has 4 aliphatic rings. The van der Waals surface area contributed by atoms with Crippen LogP contribution >= 0.6 is 0 Å². The highest BCUT2D eigenvalue weighted by molar-refractivity contribution is 6.08. The van der Waals surface area contributed by atoms with Crippen molar-refractivity contribution in [3.63, 3.8) is 0 Å². The van der Waals surface area contributed by atoms with Crippen molar-refractivity contribution < 1.29 is 19.1 Å². The minimum atomic E-state index is -0.869. The molecule has 1 aliphatic heterocycles. The Balaban J connectivity index is 1.91. The number of benzene rings is 2. The van der Waals surface area contributed by atoms with E-state index in [-0.39, 0.29) is 23.8 Å². The maximum Gasteiger partial charge on any atom is 0.234 e. The number of hydrogen-bond acceptors (Lipinski definition) is 4. The largest absolute Gasteiger partial charge is 0.355 e. The quantitative estimate of drug-likeness (QED) is 0.594. The van der Waals surface area contributed by atoms with Crippen LogP contribution in [0.1, 0.15) is 42.0 Å². The van der Waals surface area contributed by atoms with Crippen LogP contribution in [0, 0.1) is 11.8 Å². The fourth-order valence-electron chi connectivity index (χ4n) is 6.23. The lowest BCUT2D eigenvalue weighted by Crippen LogP contribution is -2.60. The average Bonchev–Trinajstić information content (AvgIpc) is 3.00. The molecule has 5 heteroatoms. The average molecular weight is 391 g/mol. The summed E-state index contributed by atoms with van der Waals surface area (Å²) in [5.41, 5.74) is 3.39. The topological polar surface area (TPSA) is 55.8 Å². The Morgan fingerprint density at radius 1 is 0.862 bits per heavy atom. The summed E-state index contributed by atoms with van der Waals surface area (Å²) in [4.78, 5) is 28.8. The lowest BCUT2D eigenvalue weighted by molar-refractivity contribution is -0.169. The van der Waals surface area contributed by atoms with Gasteiger partial charge in [0.2, 0.25) is 11.8 Å². The first-order valence-corrected chi connectivity index (χ1v) is 10.1. The molecule has 2 amide bonds. The summed E-state index contributed by atoms with van der Waals surface area (Å²) in [6.45, 7) is 3.79. The molecule has 2 atom stereocenters. The number of rotatable bonds is 4. The minimum Gasteiger partial charge on any atom is -0.355 e. The van der Waals surface area contributed by atoms with E-state index in [1.54, 1.807) is 14.2 Å². The van der Waals surface area contributed by atoms with Crippen molar-refractivity contribution in [2.75, 3.05) is 14.2 Å². The number of imide groups is 1. The summed E-state index contributed by atoms with van der Waals surface area (Å²) in [5.74, 6) is -1.33. The normalized spacial score (nSPS) is 29.4. The van der Waals surface area contributed by atoms with Crippen molar-refractivity contribution in [1.29, 1.82) is 0 Å². The lowest BCUT2D eigenvalue weighted by atomic mass is 9.47. The maximum absolute atomic E-state index is 13.7. The van der Waals surface area contributed by atoms with Gasteiger partial charge in [-0.05, 0) is 36.1 Å². The van der Waals surface area contributed by atoms with E-state index in [9.17, 15) is 9.59 Å². The summed E-state index contributed by atoms with van der Waals surface area (Å²) in [6, 6.07) is 16.1. The molecular formula is C24H25NO4. The van der Waals surface area contributed by atoms with E-state index in [1.165, 1.54) is 4.90 Å². The molecule has 29 heavy (non-hydrogen) atoms. The predicted octanol–water partition coefficient (Wildman–Crippen LogP) is 3.06. The van der Waals surface area contributed by atoms with Crippen LogP contribution in [0.5, 0.6) is 0 Å². The monoisotopic (exact) mass is 391 g/mol. The zero-order valence-corrected chi connectivity index (χ0v) is 17.1. The van der Waals surface area contributed by atoms with Gasteiger partial charge in [0.15, 0.2) is 6.29 Å². The minimum absolute atomic E-state index is 0.0839. The molecule has 1 heterocycles. The highest BCUT2D eigenvalue weighted by atomic mass is 16.7. The molecular weight excluding hydrogens is 366 g/mol. The van der Waals surface area contributed by atoms with E-state index in [0.29, 0.717) is 0 Å². The molecule has 2 aromatic carbocycles. The van der Waals surface area contributed by atoms with Crippen LogP contribution in [0.15, 0.2) is 48.5 Å². The summed E-state index contributed by atoms with van der Waals surface area (Å²) >= 11 is 0. The van der Waals surface area contributed by atoms with Gasteiger partial charge in [0.25, 0.3) is 0 Å². The van der Waals surface area contributed by atoms with Crippen molar-refractivity contribution in [1.82, 2.24) is 4.90 Å². The third kappa shape index (κ3) is 2.02. The molecule has 2 bridgehead atoms. The molecule has 5 nitrogen and oxygen atoms in total. The first-order valence-electron chi connectivity index (χ1n) is 10.1. The zero-order chi connectivity index (χ0) is 20.5. The van der Waals surface area contributed by atoms with Crippen molar-refractivity contribution in [3.8, 4) is 0 Å². The van der Waals surface area contributed by atoms with Gasteiger partial charge in [0.05, 0.1) is 17.3 Å². The summed E-state index contributed by atoms with van der Waals surface area (Å²) in [5, 5.41) is 0. The van der Waals surface area contributed by atoms with Crippen LogP contribution in [-0.2, 0) is 24.5 Å². The van der Waals surface area contributed by atoms with Crippen LogP contribution in [0.4, 0.5) is 0 Å². The summed E-state index contributed by atoms with van der Waals surface area (Å²) < 4.78 is 11.7. The number of carbonyl (C=O) groups is 2. The molecule has 2 aromatic rings. The van der Waals surface area contributed by atoms with E-state index in [4.69, 9.17) is 9.47 Å². The molecule has 1 saturated heterocycles. The van der Waals surface area contributed by atoms with Crippen LogP contribution < -0.4 is 0 Å². The first kappa shape index (κ1) is 18.5. The second-order valence-corrected chi connectivity index (χ2v) is 8.47. The maximum atomic E-state index is 13.7. The van der Waals surface area contributed by atoms with Crippen LogP contribution in [-0.4, -0.2) is 43.3 Å². The molecule has 0 saturated carbocycles. The van der Waals surface area contributed by atoms with E-state index < -0.39 is 23.5 Å². The van der Waals surface area contributed by atoms with E-state index >= 15 is 0 Å². The second kappa shape index (κ2) is 6.25. The zero-order valence-electron chi connectivity index (χ0n) is 17.1. The van der Waals surface area contributed by atoms with Crippen LogP contribution in [0.2, 0.25) is 0 Å². The first-order chi connectivity index (χ1) is 14.0. The fraction of sp³-hybridized carbons (Fsp3) is 0.417. The number of amides is 2. The fourth-order valence-corrected chi connectivity index (χ4v) is 6.23. The Hall–Kier alpha value is -2.50. The van der Waals surface area contributed by atoms with Crippen molar-refractivity contribution in [3.05, 3.63) is 70.8 Å². The molecule has 1 fully saturated rings. The third-order valence-corrected chi connectivity index (χ3v) is 7.03. The van der Waals surface area contributed by atoms with Gasteiger partial charge in [-0.3, -0.25) is 14.5 Å².